The van der Waals surface area contributed by atoms with Crippen LogP contribution < -0.4 is 9.64 Å². The van der Waals surface area contributed by atoms with Crippen molar-refractivity contribution in [2.45, 2.75) is 6.92 Å². The monoisotopic (exact) mass is 179 g/mol. The number of pyridine rings is 1. The minimum Gasteiger partial charge on any atom is -0.480 e. The predicted octanol–water partition coefficient (Wildman–Crippen LogP) is 0.873. The number of nitrogens with zero attached hydrogens (tertiary/aromatic N) is 2. The van der Waals surface area contributed by atoms with Gasteiger partial charge in [0.15, 0.2) is 0 Å². The van der Waals surface area contributed by atoms with E-state index in [0.717, 1.165) is 0 Å². The highest BCUT2D eigenvalue weighted by atomic mass is 16.5. The summed E-state index contributed by atoms with van der Waals surface area (Å²) in [5, 5.41) is 0. The molecule has 4 nitrogen and oxygen atoms in total. The third-order valence-corrected chi connectivity index (χ3v) is 1.72. The first kappa shape index (κ1) is 9.51. The molecule has 0 aromatic carbocycles. The fourth-order valence-electron chi connectivity index (χ4n) is 0.907. The average molecular weight is 179 g/mol. The molecule has 0 atom stereocenters. The third kappa shape index (κ3) is 1.96. The normalized spacial score (nSPS) is 9.46. The van der Waals surface area contributed by atoms with Gasteiger partial charge in [-0.2, -0.15) is 0 Å². The summed E-state index contributed by atoms with van der Waals surface area (Å²) in [6.07, 6.45) is 1.50. The summed E-state index contributed by atoms with van der Waals surface area (Å²) >= 11 is 0. The van der Waals surface area contributed by atoms with Gasteiger partial charge in [-0.15, -0.1) is 0 Å². The van der Waals surface area contributed by atoms with Crippen LogP contribution in [-0.2, 0) is 4.79 Å². The zero-order valence-corrected chi connectivity index (χ0v) is 7.87. The number of carbonyl (C=O) groups is 1. The van der Waals surface area contributed by atoms with Gasteiger partial charge < -0.3 is 9.64 Å². The van der Waals surface area contributed by atoms with Crippen LogP contribution in [0.25, 0.3) is 0 Å². The first-order valence-corrected chi connectivity index (χ1v) is 3.81. The van der Waals surface area contributed by atoms with E-state index in [1.54, 1.807) is 13.1 Å². The second-order valence-corrected chi connectivity index (χ2v) is 2.54. The highest BCUT2D eigenvalue weighted by molar-refractivity contribution is 5.92. The van der Waals surface area contributed by atoms with Crippen molar-refractivity contribution in [2.24, 2.45) is 0 Å². The molecule has 0 spiro atoms. The molecule has 4 heteroatoms. The lowest BCUT2D eigenvalue weighted by atomic mass is 10.3. The largest absolute Gasteiger partial charge is 0.480 e. The smallest absolute Gasteiger partial charge is 0.237 e. The van der Waals surface area contributed by atoms with Crippen molar-refractivity contribution in [2.75, 3.05) is 19.1 Å². The van der Waals surface area contributed by atoms with E-state index >= 15 is 0 Å². The number of amides is 1. The number of rotatable bonds is 2. The zero-order valence-electron chi connectivity index (χ0n) is 7.87. The van der Waals surface area contributed by atoms with E-state index in [4.69, 9.17) is 4.74 Å². The molecule has 1 heterocycles. The molecule has 0 N–H and O–H groups in total. The molecule has 0 unspecified atom stereocenters. The van der Waals surface area contributed by atoms with Crippen LogP contribution in [0.3, 0.4) is 0 Å². The van der Waals surface area contributed by atoms with Crippen LogP contribution in [0.2, 0.25) is 0 Å². The lowest BCUT2D eigenvalue weighted by Gasteiger charge is -2.16. The average Bonchev–Trinajstić information content (AvgIpc) is 2.16. The van der Waals surface area contributed by atoms with E-state index in [1.165, 1.54) is 25.1 Å². The number of aromatic nitrogens is 1. The fraction of sp³-hybridized carbons (Fsp3) is 0.333. The second kappa shape index (κ2) is 3.89. The maximum Gasteiger partial charge on any atom is 0.237 e. The van der Waals surface area contributed by atoms with Gasteiger partial charge in [0.1, 0.15) is 5.69 Å². The summed E-state index contributed by atoms with van der Waals surface area (Å²) in [5.41, 5.74) is 0.623. The van der Waals surface area contributed by atoms with Gasteiger partial charge in [-0.3, -0.25) is 4.79 Å². The fourth-order valence-corrected chi connectivity index (χ4v) is 0.907. The summed E-state index contributed by atoms with van der Waals surface area (Å²) in [4.78, 5) is 16.4. The van der Waals surface area contributed by atoms with E-state index in [2.05, 4.69) is 11.1 Å². The van der Waals surface area contributed by atoms with Crippen LogP contribution >= 0.6 is 0 Å². The van der Waals surface area contributed by atoms with Gasteiger partial charge in [0.2, 0.25) is 11.8 Å². The van der Waals surface area contributed by atoms with Gasteiger partial charge in [-0.25, -0.2) is 4.98 Å². The van der Waals surface area contributed by atoms with Crippen molar-refractivity contribution in [3.63, 3.8) is 0 Å². The van der Waals surface area contributed by atoms with Crippen molar-refractivity contribution in [3.8, 4) is 5.88 Å². The Hall–Kier alpha value is -1.58. The number of anilines is 1. The van der Waals surface area contributed by atoms with Crippen molar-refractivity contribution < 1.29 is 9.53 Å². The first-order valence-electron chi connectivity index (χ1n) is 3.81. The topological polar surface area (TPSA) is 42.4 Å². The summed E-state index contributed by atoms with van der Waals surface area (Å²) in [6.45, 7) is 1.48. The molecule has 0 fully saturated rings. The van der Waals surface area contributed by atoms with Crippen molar-refractivity contribution in [1.29, 1.82) is 0 Å². The Labute approximate surface area is 77.1 Å². The molecular weight excluding hydrogens is 168 g/mol. The van der Waals surface area contributed by atoms with Crippen LogP contribution in [0.1, 0.15) is 6.92 Å². The Kier molecular flexibility index (Phi) is 2.84. The van der Waals surface area contributed by atoms with Crippen LogP contribution in [0.5, 0.6) is 5.88 Å². The molecule has 0 aliphatic rings. The molecule has 0 saturated heterocycles. The van der Waals surface area contributed by atoms with Gasteiger partial charge >= 0.3 is 0 Å². The van der Waals surface area contributed by atoms with Crippen molar-refractivity contribution in [1.82, 2.24) is 4.98 Å². The Morgan fingerprint density at radius 3 is 2.92 bits per heavy atom. The van der Waals surface area contributed by atoms with E-state index in [1.807, 2.05) is 0 Å². The predicted molar refractivity (Wildman–Crippen MR) is 48.7 cm³/mol. The Balaban J connectivity index is 3.05. The number of hydrogen-bond acceptors (Lipinski definition) is 3. The number of ether oxygens (including phenoxy) is 1. The standard InChI is InChI=1S/C9H11N2O2/c1-7(12)11(2)8-5-4-6-10-9(8)13-3/h5-6H,1-3H3. The molecule has 69 valence electrons. The number of hydrogen-bond donors (Lipinski definition) is 0. The maximum absolute atomic E-state index is 11.0. The SMILES string of the molecule is COc1nc[c]cc1N(C)C(C)=O. The molecule has 0 aliphatic heterocycles. The van der Waals surface area contributed by atoms with Crippen molar-refractivity contribution in [3.05, 3.63) is 18.3 Å². The molecule has 0 aliphatic carbocycles. The quantitative estimate of drug-likeness (QED) is 0.676. The molecule has 1 radical (unpaired) electrons. The summed E-state index contributed by atoms with van der Waals surface area (Å²) in [7, 11) is 3.18. The first-order chi connectivity index (χ1) is 6.16. The van der Waals surface area contributed by atoms with E-state index in [9.17, 15) is 4.79 Å². The minimum atomic E-state index is -0.0697. The Morgan fingerprint density at radius 1 is 1.69 bits per heavy atom. The Bertz CT molecular complexity index is 312. The molecule has 1 rings (SSSR count). The molecule has 0 saturated carbocycles. The van der Waals surface area contributed by atoms with Gasteiger partial charge in [0, 0.05) is 26.2 Å². The van der Waals surface area contributed by atoms with Crippen LogP contribution in [0, 0.1) is 6.07 Å². The molecule has 1 aromatic heterocycles. The lowest BCUT2D eigenvalue weighted by molar-refractivity contribution is -0.116. The minimum absolute atomic E-state index is 0.0697. The van der Waals surface area contributed by atoms with E-state index in [0.29, 0.717) is 11.6 Å². The van der Waals surface area contributed by atoms with Crippen LogP contribution in [0.15, 0.2) is 12.3 Å². The number of methoxy groups -OCH3 is 1. The number of carbonyl (C=O) groups excluding carboxylic acids is 1. The Morgan fingerprint density at radius 2 is 2.38 bits per heavy atom. The van der Waals surface area contributed by atoms with Crippen LogP contribution in [-0.4, -0.2) is 25.0 Å². The zero-order chi connectivity index (χ0) is 9.84. The molecule has 13 heavy (non-hydrogen) atoms. The van der Waals surface area contributed by atoms with E-state index < -0.39 is 0 Å². The van der Waals surface area contributed by atoms with Crippen molar-refractivity contribution >= 4 is 11.6 Å². The lowest BCUT2D eigenvalue weighted by Crippen LogP contribution is -2.23. The maximum atomic E-state index is 11.0. The van der Waals surface area contributed by atoms with Gasteiger partial charge in [0.05, 0.1) is 7.11 Å². The molecule has 0 bridgehead atoms. The second-order valence-electron chi connectivity index (χ2n) is 2.54. The van der Waals surface area contributed by atoms with Gasteiger partial charge in [0.25, 0.3) is 0 Å². The molecule has 1 aromatic rings. The third-order valence-electron chi connectivity index (χ3n) is 1.72. The van der Waals surface area contributed by atoms with Gasteiger partial charge in [-0.05, 0) is 6.07 Å². The highest BCUT2D eigenvalue weighted by Crippen LogP contribution is 2.23. The molecule has 1 amide bonds. The summed E-state index contributed by atoms with van der Waals surface area (Å²) in [5.74, 6) is 0.358. The highest BCUT2D eigenvalue weighted by Gasteiger charge is 2.11. The summed E-state index contributed by atoms with van der Waals surface area (Å²) in [6, 6.07) is 4.45. The summed E-state index contributed by atoms with van der Waals surface area (Å²) < 4.78 is 4.99. The van der Waals surface area contributed by atoms with Crippen LogP contribution in [0.4, 0.5) is 5.69 Å². The van der Waals surface area contributed by atoms with Gasteiger partial charge in [-0.1, -0.05) is 0 Å². The molecular formula is C9H11N2O2. The van der Waals surface area contributed by atoms with E-state index in [-0.39, 0.29) is 5.91 Å².